The number of fused-ring (bicyclic) bond motifs is 4. The Kier molecular flexibility index (Phi) is 11.3. The monoisotopic (exact) mass is 958 g/mol. The molecule has 0 aromatic heterocycles. The van der Waals surface area contributed by atoms with Crippen LogP contribution in [0.2, 0.25) is 0 Å². The number of rotatable bonds is 0. The molecule has 2 aliphatic carbocycles. The summed E-state index contributed by atoms with van der Waals surface area (Å²) in [6.07, 6.45) is 11.9. The zero-order valence-electron chi connectivity index (χ0n) is 29.2. The Labute approximate surface area is 335 Å². The normalized spacial score (nSPS) is 33.6. The van der Waals surface area contributed by atoms with Crippen molar-refractivity contribution in [1.82, 2.24) is 15.5 Å². The molecular weight excluding hydrogens is 915 g/mol. The number of amidine groups is 1. The van der Waals surface area contributed by atoms with Gasteiger partial charge in [-0.15, -0.1) is 0 Å². The number of thiocarbonyl (C=S) groups is 1. The predicted octanol–water partition coefficient (Wildman–Crippen LogP) is 9.00. The molecule has 8 rings (SSSR count). The van der Waals surface area contributed by atoms with Crippen molar-refractivity contribution in [2.24, 2.45) is 16.8 Å². The summed E-state index contributed by atoms with van der Waals surface area (Å²) in [6.45, 7) is 4.55. The summed E-state index contributed by atoms with van der Waals surface area (Å²) < 4.78 is 14.9. The van der Waals surface area contributed by atoms with Gasteiger partial charge < -0.3 is 20.1 Å². The molecule has 2 aromatic carbocycles. The summed E-state index contributed by atoms with van der Waals surface area (Å²) in [5, 5.41) is 7.23. The van der Waals surface area contributed by atoms with E-state index in [0.717, 1.165) is 75.3 Å². The van der Waals surface area contributed by atoms with Gasteiger partial charge in [0.25, 0.3) is 11.8 Å². The maximum absolute atomic E-state index is 13.4. The van der Waals surface area contributed by atoms with Crippen molar-refractivity contribution in [2.75, 3.05) is 18.2 Å². The summed E-state index contributed by atoms with van der Waals surface area (Å²) in [5.74, 6) is 2.83. The van der Waals surface area contributed by atoms with E-state index in [4.69, 9.17) is 26.7 Å². The molecule has 3 fully saturated rings. The first kappa shape index (κ1) is 38.3. The highest BCUT2D eigenvalue weighted by Crippen LogP contribution is 2.55. The first-order valence-corrected chi connectivity index (χ1v) is 22.6. The Bertz CT molecular complexity index is 1730. The molecule has 13 heteroatoms. The zero-order chi connectivity index (χ0) is 36.1. The number of carbonyl (C=O) groups excluding carboxylic acids is 2. The van der Waals surface area contributed by atoms with Gasteiger partial charge in [-0.3, -0.25) is 14.5 Å². The number of hydrogen-bond acceptors (Lipinski definition) is 7. The Morgan fingerprint density at radius 1 is 0.920 bits per heavy atom. The molecule has 2 N–H and O–H groups in total. The first-order chi connectivity index (χ1) is 23.8. The van der Waals surface area contributed by atoms with Gasteiger partial charge in [0, 0.05) is 40.0 Å². The van der Waals surface area contributed by atoms with Crippen molar-refractivity contribution in [3.8, 4) is 11.5 Å². The summed E-state index contributed by atoms with van der Waals surface area (Å²) in [4.78, 5) is 34.8. The van der Waals surface area contributed by atoms with Crippen LogP contribution in [0.4, 0.5) is 0 Å². The predicted molar refractivity (Wildman–Crippen MR) is 220 cm³/mol. The van der Waals surface area contributed by atoms with Gasteiger partial charge in [-0.1, -0.05) is 92.9 Å². The molecule has 270 valence electrons. The molecule has 6 atom stereocenters. The molecule has 2 amide bonds. The standard InChI is InChI=1S/C19H23BrN2O2S.C17H19BrN2O2S.CH3I/c1-12-5-4-8-18(10-12)11-19(16(23)22(2)17(21-19)25-3)14-9-13(20)6-7-15(14)24-18;1-10-3-2-6-16(8-10)9-17(14(21)19-15(23)20-17)12-7-11(18)4-5-13(12)22-16;1-2/h6-7,9,12H,4-5,8,10-11H2,1-3H3;4-5,7,10H,2-3,6,8-9H2,1H3,(H2,19,20,21,23);1H3. The van der Waals surface area contributed by atoms with Crippen LogP contribution in [0.3, 0.4) is 0 Å². The number of alkyl halides is 1. The number of benzene rings is 2. The van der Waals surface area contributed by atoms with Gasteiger partial charge in [0.2, 0.25) is 0 Å². The van der Waals surface area contributed by atoms with E-state index in [1.165, 1.54) is 24.6 Å². The Morgan fingerprint density at radius 3 is 1.96 bits per heavy atom. The lowest BCUT2D eigenvalue weighted by molar-refractivity contribution is -0.135. The Hall–Kier alpha value is -1.42. The van der Waals surface area contributed by atoms with Crippen molar-refractivity contribution in [3.63, 3.8) is 0 Å². The van der Waals surface area contributed by atoms with Crippen LogP contribution in [-0.2, 0) is 20.7 Å². The van der Waals surface area contributed by atoms with Crippen LogP contribution in [0.1, 0.15) is 89.2 Å². The number of likely N-dealkylation sites (N-methyl/N-ethyl adjacent to an activating group) is 1. The van der Waals surface area contributed by atoms with E-state index in [1.807, 2.05) is 54.6 Å². The van der Waals surface area contributed by atoms with Gasteiger partial charge in [-0.25, -0.2) is 4.99 Å². The van der Waals surface area contributed by atoms with E-state index < -0.39 is 11.1 Å². The van der Waals surface area contributed by atoms with Gasteiger partial charge in [0.15, 0.2) is 21.4 Å². The highest BCUT2D eigenvalue weighted by atomic mass is 127. The van der Waals surface area contributed by atoms with E-state index in [2.05, 4.69) is 78.9 Å². The number of carbonyl (C=O) groups is 2. The largest absolute Gasteiger partial charge is 0.487 e. The number of aliphatic imine (C=N–C) groups is 1. The number of halogens is 3. The minimum absolute atomic E-state index is 0.0668. The maximum atomic E-state index is 13.4. The lowest BCUT2D eigenvalue weighted by Gasteiger charge is -2.49. The van der Waals surface area contributed by atoms with Crippen LogP contribution in [0.15, 0.2) is 50.3 Å². The Morgan fingerprint density at radius 2 is 1.46 bits per heavy atom. The third-order valence-electron chi connectivity index (χ3n) is 11.1. The molecule has 4 heterocycles. The maximum Gasteiger partial charge on any atom is 0.261 e. The number of ether oxygens (including phenoxy) is 2. The van der Waals surface area contributed by atoms with Gasteiger partial charge >= 0.3 is 0 Å². The summed E-state index contributed by atoms with van der Waals surface area (Å²) in [6, 6.07) is 11.9. The van der Waals surface area contributed by atoms with Crippen molar-refractivity contribution >= 4 is 101 Å². The van der Waals surface area contributed by atoms with E-state index in [1.54, 1.807) is 4.90 Å². The van der Waals surface area contributed by atoms with E-state index in [-0.39, 0.29) is 23.0 Å². The molecule has 6 aliphatic rings. The summed E-state index contributed by atoms with van der Waals surface area (Å²) in [5.41, 5.74) is -0.470. The van der Waals surface area contributed by atoms with Gasteiger partial charge in [-0.05, 0) is 110 Å². The average molecular weight is 961 g/mol. The lowest BCUT2D eigenvalue weighted by Crippen LogP contribution is -2.57. The van der Waals surface area contributed by atoms with Crippen LogP contribution in [0.5, 0.6) is 11.5 Å². The second kappa shape index (κ2) is 14.8. The number of nitrogens with zero attached hydrogens (tertiary/aromatic N) is 2. The fourth-order valence-corrected chi connectivity index (χ4v) is 10.8. The molecule has 1 saturated heterocycles. The third kappa shape index (κ3) is 6.88. The SMILES string of the molecule is CC1CCCC2(C1)CC1(NC(=S)NC1=O)c1cc(Br)ccc1O2.CI.CSC1=NC2(CC3(CCCC(C)C3)Oc3ccc(Br)cc32)C(=O)N1C. The molecule has 2 saturated carbocycles. The molecule has 50 heavy (non-hydrogen) atoms. The first-order valence-electron chi connectivity index (χ1n) is 17.2. The topological polar surface area (TPSA) is 92.3 Å². The van der Waals surface area contributed by atoms with Gasteiger partial charge in [0.1, 0.15) is 22.7 Å². The van der Waals surface area contributed by atoms with E-state index in [0.29, 0.717) is 29.8 Å². The van der Waals surface area contributed by atoms with Crippen molar-refractivity contribution in [3.05, 3.63) is 56.5 Å². The second-order valence-electron chi connectivity index (χ2n) is 14.7. The third-order valence-corrected chi connectivity index (χ3v) is 13.0. The molecule has 0 bridgehead atoms. The zero-order valence-corrected chi connectivity index (χ0v) is 36.1. The number of hydrogen-bond donors (Lipinski definition) is 2. The van der Waals surface area contributed by atoms with Crippen LogP contribution in [0, 0.1) is 11.8 Å². The van der Waals surface area contributed by atoms with Gasteiger partial charge in [-0.2, -0.15) is 0 Å². The van der Waals surface area contributed by atoms with Crippen molar-refractivity contribution in [2.45, 2.75) is 100 Å². The smallest absolute Gasteiger partial charge is 0.261 e. The molecule has 4 spiro atoms. The van der Waals surface area contributed by atoms with E-state index >= 15 is 0 Å². The summed E-state index contributed by atoms with van der Waals surface area (Å²) >= 11 is 16.0. The Balaban J connectivity index is 0.000000165. The summed E-state index contributed by atoms with van der Waals surface area (Å²) in [7, 11) is 1.83. The number of thioether (sulfide) groups is 1. The lowest BCUT2D eigenvalue weighted by atomic mass is 9.68. The van der Waals surface area contributed by atoms with Crippen LogP contribution < -0.4 is 20.1 Å². The molecular formula is C37H45Br2IN4O4S2. The fraction of sp³-hybridized carbons (Fsp3) is 0.568. The van der Waals surface area contributed by atoms with Crippen LogP contribution in [-0.4, -0.2) is 56.4 Å². The van der Waals surface area contributed by atoms with Gasteiger partial charge in [0.05, 0.1) is 0 Å². The number of amides is 2. The van der Waals surface area contributed by atoms with Crippen LogP contribution >= 0.6 is 78.4 Å². The molecule has 4 aliphatic heterocycles. The average Bonchev–Trinajstić information content (AvgIpc) is 3.49. The highest BCUT2D eigenvalue weighted by Gasteiger charge is 2.59. The van der Waals surface area contributed by atoms with Crippen molar-refractivity contribution in [1.29, 1.82) is 0 Å². The molecule has 2 aromatic rings. The van der Waals surface area contributed by atoms with E-state index in [9.17, 15) is 9.59 Å². The fourth-order valence-electron chi connectivity index (χ4n) is 9.18. The molecule has 0 radical (unpaired) electrons. The second-order valence-corrected chi connectivity index (χ2v) is 17.8. The van der Waals surface area contributed by atoms with Crippen molar-refractivity contribution < 1.29 is 19.1 Å². The van der Waals surface area contributed by atoms with Crippen LogP contribution in [0.25, 0.3) is 0 Å². The molecule has 6 unspecified atom stereocenters. The minimum Gasteiger partial charge on any atom is -0.487 e. The molecule has 8 nitrogen and oxygen atoms in total. The number of nitrogens with one attached hydrogen (secondary N) is 2. The highest BCUT2D eigenvalue weighted by molar-refractivity contribution is 14.1. The quantitative estimate of drug-likeness (QED) is 0.155. The minimum atomic E-state index is -0.846.